The van der Waals surface area contributed by atoms with Crippen molar-refractivity contribution in [2.75, 3.05) is 0 Å². The summed E-state index contributed by atoms with van der Waals surface area (Å²) in [5.74, 6) is 5.48. The van der Waals surface area contributed by atoms with E-state index in [9.17, 15) is 4.39 Å². The average Bonchev–Trinajstić information content (AvgIpc) is 2.75. The monoisotopic (exact) mass is 340 g/mol. The zero-order chi connectivity index (χ0) is 14.7. The molecule has 0 saturated carbocycles. The molecule has 4 nitrogen and oxygen atoms in total. The number of nitrogens with zero attached hydrogens (tertiary/aromatic N) is 2. The Morgan fingerprint density at radius 1 is 1.50 bits per heavy atom. The lowest BCUT2D eigenvalue weighted by Gasteiger charge is -2.20. The van der Waals surface area contributed by atoms with E-state index in [-0.39, 0.29) is 11.9 Å². The van der Waals surface area contributed by atoms with Gasteiger partial charge in [0.05, 0.1) is 22.4 Å². The summed E-state index contributed by atoms with van der Waals surface area (Å²) in [6.45, 7) is 4.77. The highest BCUT2D eigenvalue weighted by Crippen LogP contribution is 2.30. The lowest BCUT2D eigenvalue weighted by atomic mass is 9.99. The van der Waals surface area contributed by atoms with Gasteiger partial charge in [0.15, 0.2) is 0 Å². The topological polar surface area (TPSA) is 55.9 Å². The molecule has 108 valence electrons. The van der Waals surface area contributed by atoms with Crippen molar-refractivity contribution >= 4 is 15.9 Å². The standard InChI is InChI=1S/C14H18BrFN4/c1-3-6-20-14(12(15)8-18-20)13(19-17)11-5-4-10(16)7-9(11)2/h4-5,7-8,13,19H,3,6,17H2,1-2H3. The second-order valence-corrected chi connectivity index (χ2v) is 5.56. The molecule has 6 heteroatoms. The van der Waals surface area contributed by atoms with Crippen molar-refractivity contribution in [1.82, 2.24) is 15.2 Å². The van der Waals surface area contributed by atoms with Crippen LogP contribution in [-0.4, -0.2) is 9.78 Å². The molecule has 1 aromatic heterocycles. The summed E-state index contributed by atoms with van der Waals surface area (Å²) in [6, 6.07) is 4.47. The Hall–Kier alpha value is -1.24. The predicted octanol–water partition coefficient (Wildman–Crippen LogP) is 3.06. The predicted molar refractivity (Wildman–Crippen MR) is 80.5 cm³/mol. The molecule has 1 unspecified atom stereocenters. The van der Waals surface area contributed by atoms with Gasteiger partial charge in [-0.3, -0.25) is 10.5 Å². The molecular weight excluding hydrogens is 323 g/mol. The summed E-state index contributed by atoms with van der Waals surface area (Å²) in [4.78, 5) is 0. The van der Waals surface area contributed by atoms with E-state index in [1.54, 1.807) is 12.3 Å². The highest BCUT2D eigenvalue weighted by Gasteiger charge is 2.22. The first-order valence-electron chi connectivity index (χ1n) is 6.51. The minimum atomic E-state index is -0.247. The lowest BCUT2D eigenvalue weighted by molar-refractivity contribution is 0.517. The van der Waals surface area contributed by atoms with Crippen molar-refractivity contribution in [3.05, 3.63) is 51.5 Å². The van der Waals surface area contributed by atoms with Crippen molar-refractivity contribution in [2.45, 2.75) is 32.9 Å². The van der Waals surface area contributed by atoms with Gasteiger partial charge in [0.2, 0.25) is 0 Å². The van der Waals surface area contributed by atoms with Crippen molar-refractivity contribution < 1.29 is 4.39 Å². The molecule has 3 N–H and O–H groups in total. The van der Waals surface area contributed by atoms with Crippen LogP contribution >= 0.6 is 15.9 Å². The van der Waals surface area contributed by atoms with Crippen molar-refractivity contribution in [3.8, 4) is 0 Å². The first kappa shape index (κ1) is 15.2. The minimum Gasteiger partial charge on any atom is -0.271 e. The number of nitrogens with two attached hydrogens (primary N) is 1. The Morgan fingerprint density at radius 2 is 2.25 bits per heavy atom. The fraction of sp³-hybridized carbons (Fsp3) is 0.357. The van der Waals surface area contributed by atoms with Gasteiger partial charge in [-0.15, -0.1) is 0 Å². The summed E-state index contributed by atoms with van der Waals surface area (Å²) in [5, 5.41) is 4.35. The van der Waals surface area contributed by atoms with Crippen molar-refractivity contribution in [3.63, 3.8) is 0 Å². The van der Waals surface area contributed by atoms with Gasteiger partial charge in [0, 0.05) is 6.54 Å². The number of rotatable bonds is 5. The van der Waals surface area contributed by atoms with E-state index in [0.717, 1.165) is 34.3 Å². The van der Waals surface area contributed by atoms with E-state index < -0.39 is 0 Å². The van der Waals surface area contributed by atoms with Gasteiger partial charge in [-0.05, 0) is 52.5 Å². The highest BCUT2D eigenvalue weighted by atomic mass is 79.9. The molecule has 0 aliphatic heterocycles. The second-order valence-electron chi connectivity index (χ2n) is 4.70. The molecule has 0 bridgehead atoms. The zero-order valence-corrected chi connectivity index (χ0v) is 13.1. The molecule has 20 heavy (non-hydrogen) atoms. The highest BCUT2D eigenvalue weighted by molar-refractivity contribution is 9.10. The summed E-state index contributed by atoms with van der Waals surface area (Å²) in [6.07, 6.45) is 2.73. The number of nitrogens with one attached hydrogen (secondary N) is 1. The van der Waals surface area contributed by atoms with E-state index in [1.807, 2.05) is 11.6 Å². The third kappa shape index (κ3) is 2.92. The Morgan fingerprint density at radius 3 is 2.85 bits per heavy atom. The van der Waals surface area contributed by atoms with E-state index in [4.69, 9.17) is 5.84 Å². The van der Waals surface area contributed by atoms with Crippen LogP contribution in [-0.2, 0) is 6.54 Å². The first-order chi connectivity index (χ1) is 9.58. The Kier molecular flexibility index (Phi) is 4.91. The fourth-order valence-electron chi connectivity index (χ4n) is 2.33. The largest absolute Gasteiger partial charge is 0.271 e. The van der Waals surface area contributed by atoms with Crippen LogP contribution in [0.3, 0.4) is 0 Å². The van der Waals surface area contributed by atoms with Gasteiger partial charge in [-0.25, -0.2) is 9.82 Å². The number of halogens is 2. The third-order valence-electron chi connectivity index (χ3n) is 3.25. The molecule has 2 aromatic rings. The number of aryl methyl sites for hydroxylation is 2. The van der Waals surface area contributed by atoms with Crippen LogP contribution in [0.25, 0.3) is 0 Å². The molecule has 0 amide bonds. The Balaban J connectivity index is 2.49. The fourth-order valence-corrected chi connectivity index (χ4v) is 2.85. The van der Waals surface area contributed by atoms with Crippen molar-refractivity contribution in [2.24, 2.45) is 5.84 Å². The molecule has 0 saturated heterocycles. The van der Waals surface area contributed by atoms with Crippen LogP contribution in [0.4, 0.5) is 4.39 Å². The number of benzene rings is 1. The molecule has 1 heterocycles. The molecule has 0 fully saturated rings. The summed E-state index contributed by atoms with van der Waals surface area (Å²) in [7, 11) is 0. The quantitative estimate of drug-likeness (QED) is 0.649. The zero-order valence-electron chi connectivity index (χ0n) is 11.5. The maximum Gasteiger partial charge on any atom is 0.123 e. The number of hydrogen-bond donors (Lipinski definition) is 2. The van der Waals surface area contributed by atoms with Crippen LogP contribution in [0, 0.1) is 12.7 Å². The molecule has 1 atom stereocenters. The maximum atomic E-state index is 13.3. The minimum absolute atomic E-state index is 0.237. The number of aromatic nitrogens is 2. The van der Waals surface area contributed by atoms with Crippen LogP contribution in [0.5, 0.6) is 0 Å². The summed E-state index contributed by atoms with van der Waals surface area (Å²) >= 11 is 3.51. The molecule has 0 aliphatic carbocycles. The van der Waals surface area contributed by atoms with Crippen LogP contribution in [0.15, 0.2) is 28.9 Å². The third-order valence-corrected chi connectivity index (χ3v) is 3.86. The van der Waals surface area contributed by atoms with Crippen LogP contribution < -0.4 is 11.3 Å². The molecule has 1 aromatic carbocycles. The normalized spacial score (nSPS) is 12.7. The van der Waals surface area contributed by atoms with Crippen LogP contribution in [0.2, 0.25) is 0 Å². The average molecular weight is 341 g/mol. The van der Waals surface area contributed by atoms with Gasteiger partial charge in [0.1, 0.15) is 5.82 Å². The lowest BCUT2D eigenvalue weighted by Crippen LogP contribution is -2.31. The molecule has 0 radical (unpaired) electrons. The first-order valence-corrected chi connectivity index (χ1v) is 7.31. The smallest absolute Gasteiger partial charge is 0.123 e. The van der Waals surface area contributed by atoms with E-state index in [0.29, 0.717) is 0 Å². The maximum absolute atomic E-state index is 13.3. The molecule has 0 aliphatic rings. The summed E-state index contributed by atoms with van der Waals surface area (Å²) < 4.78 is 16.1. The van der Waals surface area contributed by atoms with Gasteiger partial charge in [0.25, 0.3) is 0 Å². The van der Waals surface area contributed by atoms with E-state index in [2.05, 4.69) is 33.4 Å². The van der Waals surface area contributed by atoms with Crippen LogP contribution in [0.1, 0.15) is 36.2 Å². The van der Waals surface area contributed by atoms with Gasteiger partial charge >= 0.3 is 0 Å². The Bertz CT molecular complexity index is 597. The molecule has 2 rings (SSSR count). The SMILES string of the molecule is CCCn1ncc(Br)c1C(NN)c1ccc(F)cc1C. The molecular formula is C14H18BrFN4. The molecule has 0 spiro atoms. The number of hydrogen-bond acceptors (Lipinski definition) is 3. The second kappa shape index (κ2) is 6.47. The summed E-state index contributed by atoms with van der Waals surface area (Å²) in [5.41, 5.74) is 5.54. The van der Waals surface area contributed by atoms with E-state index in [1.165, 1.54) is 12.1 Å². The Labute approximate surface area is 126 Å². The van der Waals surface area contributed by atoms with Crippen molar-refractivity contribution in [1.29, 1.82) is 0 Å². The van der Waals surface area contributed by atoms with Gasteiger partial charge in [-0.1, -0.05) is 13.0 Å². The van der Waals surface area contributed by atoms with Gasteiger partial charge in [-0.2, -0.15) is 5.10 Å². The van der Waals surface area contributed by atoms with Gasteiger partial charge < -0.3 is 0 Å². The van der Waals surface area contributed by atoms with E-state index >= 15 is 0 Å². The number of hydrazine groups is 1.